The van der Waals surface area contributed by atoms with Gasteiger partial charge in [0.25, 0.3) is 0 Å². The number of hydrogen-bond donors (Lipinski definition) is 1. The highest BCUT2D eigenvalue weighted by Crippen LogP contribution is 2.31. The molecule has 2 unspecified atom stereocenters. The summed E-state index contributed by atoms with van der Waals surface area (Å²) < 4.78 is 37.9. The third-order valence-electron chi connectivity index (χ3n) is 4.46. The summed E-state index contributed by atoms with van der Waals surface area (Å²) in [5.74, 6) is 0.363. The first-order chi connectivity index (χ1) is 10.8. The van der Waals surface area contributed by atoms with Crippen molar-refractivity contribution in [3.63, 3.8) is 0 Å². The van der Waals surface area contributed by atoms with Crippen molar-refractivity contribution in [3.8, 4) is 0 Å². The predicted molar refractivity (Wildman–Crippen MR) is 82.8 cm³/mol. The number of alkyl halides is 3. The summed E-state index contributed by atoms with van der Waals surface area (Å²) in [6, 6.07) is 5.47. The van der Waals surface area contributed by atoms with Crippen molar-refractivity contribution < 1.29 is 18.0 Å². The van der Waals surface area contributed by atoms with Crippen LogP contribution in [0.4, 0.5) is 13.2 Å². The van der Waals surface area contributed by atoms with Crippen molar-refractivity contribution in [2.24, 2.45) is 5.92 Å². The molecule has 128 valence electrons. The van der Waals surface area contributed by atoms with E-state index in [2.05, 4.69) is 10.2 Å². The smallest absolute Gasteiger partial charge is 0.356 e. The molecule has 2 atom stereocenters. The Morgan fingerprint density at radius 2 is 2.00 bits per heavy atom. The molecule has 0 bridgehead atoms. The SMILES string of the molecule is CC(=O)NCC1CCCN(C(C)c2ccc(C(F)(F)F)cc2)C1. The van der Waals surface area contributed by atoms with Gasteiger partial charge < -0.3 is 5.32 Å². The molecule has 1 saturated heterocycles. The summed E-state index contributed by atoms with van der Waals surface area (Å²) in [6.07, 6.45) is -2.19. The Labute approximate surface area is 134 Å². The highest BCUT2D eigenvalue weighted by Gasteiger charge is 2.30. The molecule has 1 aliphatic rings. The summed E-state index contributed by atoms with van der Waals surface area (Å²) in [4.78, 5) is 13.3. The van der Waals surface area contributed by atoms with Gasteiger partial charge in [0, 0.05) is 26.1 Å². The van der Waals surface area contributed by atoms with Crippen molar-refractivity contribution in [2.75, 3.05) is 19.6 Å². The number of benzene rings is 1. The number of piperidine rings is 1. The molecule has 0 spiro atoms. The Kier molecular flexibility index (Phi) is 5.68. The van der Waals surface area contributed by atoms with Gasteiger partial charge >= 0.3 is 6.18 Å². The van der Waals surface area contributed by atoms with Crippen LogP contribution in [0.3, 0.4) is 0 Å². The van der Waals surface area contributed by atoms with Gasteiger partial charge in [0.1, 0.15) is 0 Å². The molecule has 23 heavy (non-hydrogen) atoms. The van der Waals surface area contributed by atoms with Gasteiger partial charge in [-0.15, -0.1) is 0 Å². The van der Waals surface area contributed by atoms with Crippen LogP contribution in [0.25, 0.3) is 0 Å². The third-order valence-corrected chi connectivity index (χ3v) is 4.46. The van der Waals surface area contributed by atoms with E-state index in [1.165, 1.54) is 6.92 Å². The average molecular weight is 328 g/mol. The highest BCUT2D eigenvalue weighted by atomic mass is 19.4. The zero-order valence-corrected chi connectivity index (χ0v) is 13.5. The zero-order chi connectivity index (χ0) is 17.0. The zero-order valence-electron chi connectivity index (χ0n) is 13.5. The van der Waals surface area contributed by atoms with E-state index < -0.39 is 11.7 Å². The second-order valence-electron chi connectivity index (χ2n) is 6.24. The van der Waals surface area contributed by atoms with Crippen LogP contribution in [0.1, 0.15) is 43.9 Å². The van der Waals surface area contributed by atoms with Gasteiger partial charge in [-0.25, -0.2) is 0 Å². The topological polar surface area (TPSA) is 32.3 Å². The standard InChI is InChI=1S/C17H23F3N2O/c1-12(15-5-7-16(8-6-15)17(18,19)20)22-9-3-4-14(11-22)10-21-13(2)23/h5-8,12,14H,3-4,9-11H2,1-2H3,(H,21,23). The van der Waals surface area contributed by atoms with Crippen molar-refractivity contribution in [3.05, 3.63) is 35.4 Å². The van der Waals surface area contributed by atoms with Crippen molar-refractivity contribution in [1.82, 2.24) is 10.2 Å². The van der Waals surface area contributed by atoms with Crippen molar-refractivity contribution >= 4 is 5.91 Å². The van der Waals surface area contributed by atoms with Crippen molar-refractivity contribution in [2.45, 2.75) is 38.9 Å². The highest BCUT2D eigenvalue weighted by molar-refractivity contribution is 5.72. The fourth-order valence-electron chi connectivity index (χ4n) is 3.07. The van der Waals surface area contributed by atoms with E-state index in [-0.39, 0.29) is 11.9 Å². The molecule has 0 aromatic heterocycles. The maximum absolute atomic E-state index is 12.6. The van der Waals surface area contributed by atoms with Crippen molar-refractivity contribution in [1.29, 1.82) is 0 Å². The molecule has 0 aliphatic carbocycles. The van der Waals surface area contributed by atoms with E-state index in [4.69, 9.17) is 0 Å². The number of carbonyl (C=O) groups excluding carboxylic acids is 1. The van der Waals surface area contributed by atoms with E-state index in [9.17, 15) is 18.0 Å². The second kappa shape index (κ2) is 7.34. The van der Waals surface area contributed by atoms with Gasteiger partial charge in [-0.1, -0.05) is 12.1 Å². The minimum Gasteiger partial charge on any atom is -0.356 e. The van der Waals surface area contributed by atoms with Crippen LogP contribution in [0, 0.1) is 5.92 Å². The monoisotopic (exact) mass is 328 g/mol. The minimum absolute atomic E-state index is 0.0297. The third kappa shape index (κ3) is 4.96. The Morgan fingerprint density at radius 3 is 2.57 bits per heavy atom. The summed E-state index contributed by atoms with van der Waals surface area (Å²) in [6.45, 7) is 5.96. The van der Waals surface area contributed by atoms with Crippen LogP contribution in [0.15, 0.2) is 24.3 Å². The molecule has 1 fully saturated rings. The minimum atomic E-state index is -4.30. The Bertz CT molecular complexity index is 528. The molecule has 1 N–H and O–H groups in total. The lowest BCUT2D eigenvalue weighted by atomic mass is 9.95. The van der Waals surface area contributed by atoms with E-state index in [0.717, 1.165) is 43.6 Å². The number of amides is 1. The predicted octanol–water partition coefficient (Wildman–Crippen LogP) is 3.61. The number of halogens is 3. The van der Waals surface area contributed by atoms with Crippen LogP contribution in [0.5, 0.6) is 0 Å². The average Bonchev–Trinajstić information content (AvgIpc) is 2.52. The van der Waals surface area contributed by atoms with Crippen LogP contribution in [0.2, 0.25) is 0 Å². The van der Waals surface area contributed by atoms with E-state index in [1.807, 2.05) is 6.92 Å². The van der Waals surface area contributed by atoms with Gasteiger partial charge in [0.05, 0.1) is 5.56 Å². The second-order valence-corrected chi connectivity index (χ2v) is 6.24. The molecular weight excluding hydrogens is 305 g/mol. The first kappa shape index (κ1) is 17.8. The van der Waals surface area contributed by atoms with Gasteiger partial charge in [-0.2, -0.15) is 13.2 Å². The molecule has 1 aromatic carbocycles. The lowest BCUT2D eigenvalue weighted by molar-refractivity contribution is -0.137. The molecule has 2 rings (SSSR count). The van der Waals surface area contributed by atoms with Gasteiger partial charge in [-0.3, -0.25) is 9.69 Å². The number of rotatable bonds is 4. The lowest BCUT2D eigenvalue weighted by Gasteiger charge is -2.37. The fraction of sp³-hybridized carbons (Fsp3) is 0.588. The first-order valence-corrected chi connectivity index (χ1v) is 7.93. The first-order valence-electron chi connectivity index (χ1n) is 7.93. The number of nitrogens with zero attached hydrogens (tertiary/aromatic N) is 1. The molecule has 0 saturated carbocycles. The van der Waals surface area contributed by atoms with E-state index in [1.54, 1.807) is 12.1 Å². The molecule has 6 heteroatoms. The van der Waals surface area contributed by atoms with Crippen LogP contribution >= 0.6 is 0 Å². The number of hydrogen-bond acceptors (Lipinski definition) is 2. The normalized spacial score (nSPS) is 21.0. The largest absolute Gasteiger partial charge is 0.416 e. The molecule has 1 amide bonds. The number of carbonyl (C=O) groups is 1. The summed E-state index contributed by atoms with van der Waals surface area (Å²) in [5.41, 5.74) is 0.272. The van der Waals surface area contributed by atoms with Crippen LogP contribution < -0.4 is 5.32 Å². The molecule has 1 aromatic rings. The fourth-order valence-corrected chi connectivity index (χ4v) is 3.07. The summed E-state index contributed by atoms with van der Waals surface area (Å²) >= 11 is 0. The van der Waals surface area contributed by atoms with Crippen LogP contribution in [-0.2, 0) is 11.0 Å². The van der Waals surface area contributed by atoms with Crippen LogP contribution in [-0.4, -0.2) is 30.4 Å². The van der Waals surface area contributed by atoms with E-state index >= 15 is 0 Å². The quantitative estimate of drug-likeness (QED) is 0.916. The molecule has 1 aliphatic heterocycles. The Balaban J connectivity index is 1.99. The van der Waals surface area contributed by atoms with Gasteiger partial charge in [0.15, 0.2) is 0 Å². The Hall–Kier alpha value is -1.56. The summed E-state index contributed by atoms with van der Waals surface area (Å²) in [5, 5.41) is 2.85. The number of likely N-dealkylation sites (tertiary alicyclic amines) is 1. The maximum Gasteiger partial charge on any atom is 0.416 e. The van der Waals surface area contributed by atoms with Gasteiger partial charge in [0.2, 0.25) is 5.91 Å². The molecule has 1 heterocycles. The van der Waals surface area contributed by atoms with Gasteiger partial charge in [-0.05, 0) is 49.9 Å². The summed E-state index contributed by atoms with van der Waals surface area (Å²) in [7, 11) is 0. The van der Waals surface area contributed by atoms with E-state index in [0.29, 0.717) is 12.5 Å². The molecule has 3 nitrogen and oxygen atoms in total. The molecular formula is C17H23F3N2O. The molecule has 0 radical (unpaired) electrons. The Morgan fingerprint density at radius 1 is 1.35 bits per heavy atom. The maximum atomic E-state index is 12.6. The number of nitrogens with one attached hydrogen (secondary N) is 1. The lowest BCUT2D eigenvalue weighted by Crippen LogP contribution is -2.41.